The molecule has 7 nitrogen and oxygen atoms in total. The molecule has 0 saturated carbocycles. The molecule has 0 amide bonds. The molecule has 1 N–H and O–H groups in total. The highest BCUT2D eigenvalue weighted by Gasteiger charge is 2.21. The van der Waals surface area contributed by atoms with Crippen LogP contribution in [-0.2, 0) is 11.3 Å². The quantitative estimate of drug-likeness (QED) is 0.622. The lowest BCUT2D eigenvalue weighted by Crippen LogP contribution is -2.07. The van der Waals surface area contributed by atoms with Gasteiger partial charge >= 0.3 is 5.97 Å². The maximum atomic E-state index is 11.8. The SMILES string of the molecule is COC(=O)c1nnn(CCCCO)c1-c1ccncc1. The molecular weight excluding hydrogens is 260 g/mol. The van der Waals surface area contributed by atoms with Gasteiger partial charge in [0.25, 0.3) is 0 Å². The Hall–Kier alpha value is -2.28. The lowest BCUT2D eigenvalue weighted by molar-refractivity contribution is 0.0595. The molecule has 0 fully saturated rings. The van der Waals surface area contributed by atoms with Gasteiger partial charge in [-0.05, 0) is 25.0 Å². The van der Waals surface area contributed by atoms with E-state index in [-0.39, 0.29) is 12.3 Å². The molecule has 2 rings (SSSR count). The van der Waals surface area contributed by atoms with Crippen molar-refractivity contribution in [3.05, 3.63) is 30.2 Å². The highest BCUT2D eigenvalue weighted by molar-refractivity contribution is 5.93. The first-order valence-electron chi connectivity index (χ1n) is 6.31. The average Bonchev–Trinajstić information content (AvgIpc) is 2.91. The topological polar surface area (TPSA) is 90.1 Å². The molecule has 20 heavy (non-hydrogen) atoms. The molecule has 2 heterocycles. The maximum absolute atomic E-state index is 11.8. The summed E-state index contributed by atoms with van der Waals surface area (Å²) < 4.78 is 6.38. The smallest absolute Gasteiger partial charge is 0.360 e. The first-order chi connectivity index (χ1) is 9.77. The second kappa shape index (κ2) is 6.76. The van der Waals surface area contributed by atoms with Crippen LogP contribution in [-0.4, -0.2) is 44.8 Å². The molecule has 7 heteroatoms. The van der Waals surface area contributed by atoms with Gasteiger partial charge in [0.15, 0.2) is 5.69 Å². The van der Waals surface area contributed by atoms with E-state index < -0.39 is 5.97 Å². The minimum Gasteiger partial charge on any atom is -0.464 e. The Morgan fingerprint density at radius 3 is 2.75 bits per heavy atom. The fraction of sp³-hybridized carbons (Fsp3) is 0.385. The molecular formula is C13H16N4O3. The molecule has 0 aromatic carbocycles. The number of pyridine rings is 1. The minimum atomic E-state index is -0.523. The molecule has 0 aliphatic heterocycles. The number of carbonyl (C=O) groups is 1. The number of nitrogens with zero attached hydrogens (tertiary/aromatic N) is 4. The fourth-order valence-corrected chi connectivity index (χ4v) is 1.87. The number of esters is 1. The van der Waals surface area contributed by atoms with Gasteiger partial charge in [-0.3, -0.25) is 4.98 Å². The Morgan fingerprint density at radius 2 is 2.10 bits per heavy atom. The molecule has 0 unspecified atom stereocenters. The Bertz CT molecular complexity index is 568. The molecule has 0 saturated heterocycles. The molecule has 0 atom stereocenters. The summed E-state index contributed by atoms with van der Waals surface area (Å²) in [5.41, 5.74) is 1.59. The van der Waals surface area contributed by atoms with Crippen LogP contribution in [0.2, 0.25) is 0 Å². The molecule has 2 aromatic rings. The zero-order valence-corrected chi connectivity index (χ0v) is 11.2. The number of aryl methyl sites for hydroxylation is 1. The van der Waals surface area contributed by atoms with E-state index >= 15 is 0 Å². The monoisotopic (exact) mass is 276 g/mol. The first kappa shape index (κ1) is 14.1. The van der Waals surface area contributed by atoms with Gasteiger partial charge in [-0.2, -0.15) is 0 Å². The molecule has 2 aromatic heterocycles. The summed E-state index contributed by atoms with van der Waals surface area (Å²) in [4.78, 5) is 15.7. The van der Waals surface area contributed by atoms with E-state index in [2.05, 4.69) is 15.3 Å². The third-order valence-electron chi connectivity index (χ3n) is 2.85. The Morgan fingerprint density at radius 1 is 1.35 bits per heavy atom. The van der Waals surface area contributed by atoms with E-state index in [9.17, 15) is 4.79 Å². The van der Waals surface area contributed by atoms with Crippen LogP contribution in [0.4, 0.5) is 0 Å². The van der Waals surface area contributed by atoms with Crippen LogP contribution in [0.5, 0.6) is 0 Å². The largest absolute Gasteiger partial charge is 0.464 e. The molecule has 0 radical (unpaired) electrons. The van der Waals surface area contributed by atoms with Crippen LogP contribution in [0, 0.1) is 0 Å². The van der Waals surface area contributed by atoms with Gasteiger partial charge < -0.3 is 9.84 Å². The predicted molar refractivity (Wildman–Crippen MR) is 70.9 cm³/mol. The number of hydrogen-bond donors (Lipinski definition) is 1. The van der Waals surface area contributed by atoms with Gasteiger partial charge in [0.05, 0.1) is 7.11 Å². The summed E-state index contributed by atoms with van der Waals surface area (Å²) in [6.45, 7) is 0.700. The van der Waals surface area contributed by atoms with Crippen LogP contribution in [0.1, 0.15) is 23.3 Å². The lowest BCUT2D eigenvalue weighted by Gasteiger charge is -2.07. The van der Waals surface area contributed by atoms with Crippen molar-refractivity contribution < 1.29 is 14.6 Å². The number of aromatic nitrogens is 4. The third-order valence-corrected chi connectivity index (χ3v) is 2.85. The first-order valence-corrected chi connectivity index (χ1v) is 6.31. The number of hydrogen-bond acceptors (Lipinski definition) is 6. The number of aliphatic hydroxyl groups is 1. The predicted octanol–water partition coefficient (Wildman–Crippen LogP) is 0.899. The van der Waals surface area contributed by atoms with Crippen molar-refractivity contribution in [3.63, 3.8) is 0 Å². The van der Waals surface area contributed by atoms with Crippen molar-refractivity contribution in [1.29, 1.82) is 0 Å². The van der Waals surface area contributed by atoms with Crippen LogP contribution in [0.3, 0.4) is 0 Å². The highest BCUT2D eigenvalue weighted by atomic mass is 16.5. The summed E-state index contributed by atoms with van der Waals surface area (Å²) >= 11 is 0. The van der Waals surface area contributed by atoms with E-state index in [1.54, 1.807) is 29.2 Å². The van der Waals surface area contributed by atoms with Crippen molar-refractivity contribution in [2.75, 3.05) is 13.7 Å². The number of unbranched alkanes of at least 4 members (excludes halogenated alkanes) is 1. The number of aliphatic hydroxyl groups excluding tert-OH is 1. The third kappa shape index (κ3) is 3.00. The zero-order chi connectivity index (χ0) is 14.4. The van der Waals surface area contributed by atoms with E-state index in [4.69, 9.17) is 9.84 Å². The zero-order valence-electron chi connectivity index (χ0n) is 11.2. The molecule has 0 aliphatic carbocycles. The number of ether oxygens (including phenoxy) is 1. The van der Waals surface area contributed by atoms with E-state index in [1.807, 2.05) is 0 Å². The van der Waals surface area contributed by atoms with Crippen LogP contribution in [0.15, 0.2) is 24.5 Å². The summed E-state index contributed by atoms with van der Waals surface area (Å²) in [7, 11) is 1.31. The summed E-state index contributed by atoms with van der Waals surface area (Å²) in [6, 6.07) is 3.57. The summed E-state index contributed by atoms with van der Waals surface area (Å²) in [6.07, 6.45) is 4.70. The Kier molecular flexibility index (Phi) is 4.78. The molecule has 0 bridgehead atoms. The Balaban J connectivity index is 2.38. The van der Waals surface area contributed by atoms with Gasteiger partial charge in [0.2, 0.25) is 0 Å². The van der Waals surface area contributed by atoms with Gasteiger partial charge in [0.1, 0.15) is 5.69 Å². The number of carbonyl (C=O) groups excluding carboxylic acids is 1. The van der Waals surface area contributed by atoms with E-state index in [0.717, 1.165) is 12.0 Å². The second-order valence-corrected chi connectivity index (χ2v) is 4.17. The van der Waals surface area contributed by atoms with Gasteiger partial charge in [-0.25, -0.2) is 9.48 Å². The fourth-order valence-electron chi connectivity index (χ4n) is 1.87. The normalized spacial score (nSPS) is 10.5. The van der Waals surface area contributed by atoms with E-state index in [0.29, 0.717) is 18.7 Å². The van der Waals surface area contributed by atoms with Crippen LogP contribution < -0.4 is 0 Å². The molecule has 106 valence electrons. The van der Waals surface area contributed by atoms with Crippen molar-refractivity contribution in [2.45, 2.75) is 19.4 Å². The van der Waals surface area contributed by atoms with Crippen molar-refractivity contribution in [3.8, 4) is 11.3 Å². The minimum absolute atomic E-state index is 0.128. The van der Waals surface area contributed by atoms with Crippen LogP contribution >= 0.6 is 0 Å². The van der Waals surface area contributed by atoms with E-state index in [1.165, 1.54) is 7.11 Å². The second-order valence-electron chi connectivity index (χ2n) is 4.17. The van der Waals surface area contributed by atoms with Crippen molar-refractivity contribution >= 4 is 5.97 Å². The standard InChI is InChI=1S/C13H16N4O3/c1-20-13(19)11-12(10-4-6-14-7-5-10)17(16-15-11)8-2-3-9-18/h4-7,18H,2-3,8-9H2,1H3. The van der Waals surface area contributed by atoms with Crippen molar-refractivity contribution in [1.82, 2.24) is 20.0 Å². The molecule has 0 spiro atoms. The highest BCUT2D eigenvalue weighted by Crippen LogP contribution is 2.22. The van der Waals surface area contributed by atoms with Gasteiger partial charge in [-0.15, -0.1) is 5.10 Å². The van der Waals surface area contributed by atoms with Crippen LogP contribution in [0.25, 0.3) is 11.3 Å². The molecule has 0 aliphatic rings. The lowest BCUT2D eigenvalue weighted by atomic mass is 10.1. The average molecular weight is 276 g/mol. The summed E-state index contributed by atoms with van der Waals surface area (Å²) in [5.74, 6) is -0.523. The van der Waals surface area contributed by atoms with Crippen molar-refractivity contribution in [2.24, 2.45) is 0 Å². The maximum Gasteiger partial charge on any atom is 0.360 e. The number of methoxy groups -OCH3 is 1. The Labute approximate surface area is 116 Å². The van der Waals surface area contributed by atoms with Gasteiger partial charge in [-0.1, -0.05) is 5.21 Å². The number of rotatable bonds is 6. The van der Waals surface area contributed by atoms with Gasteiger partial charge in [0, 0.05) is 31.1 Å². The summed E-state index contributed by atoms with van der Waals surface area (Å²) in [5, 5.41) is 16.7.